The number of amides is 2. The van der Waals surface area contributed by atoms with E-state index in [-0.39, 0.29) is 30.1 Å². The lowest BCUT2D eigenvalue weighted by Gasteiger charge is -2.25. The second-order valence-corrected chi connectivity index (χ2v) is 7.15. The van der Waals surface area contributed by atoms with E-state index in [1.54, 1.807) is 26.2 Å². The fourth-order valence-corrected chi connectivity index (χ4v) is 2.90. The van der Waals surface area contributed by atoms with E-state index in [2.05, 4.69) is 15.6 Å². The Morgan fingerprint density at radius 3 is 2.61 bits per heavy atom. The number of hydrogen-bond donors (Lipinski definition) is 3. The van der Waals surface area contributed by atoms with Crippen molar-refractivity contribution in [2.75, 3.05) is 5.32 Å². The molecule has 2 amide bonds. The van der Waals surface area contributed by atoms with Crippen LogP contribution in [0.5, 0.6) is 0 Å². The highest BCUT2D eigenvalue weighted by molar-refractivity contribution is 7.13. The van der Waals surface area contributed by atoms with Crippen molar-refractivity contribution in [1.82, 2.24) is 10.3 Å². The summed E-state index contributed by atoms with van der Waals surface area (Å²) in [7, 11) is 0. The van der Waals surface area contributed by atoms with Crippen molar-refractivity contribution >= 4 is 34.3 Å². The summed E-state index contributed by atoms with van der Waals surface area (Å²) >= 11 is 1.24. The molecule has 1 saturated carbocycles. The molecule has 1 aromatic rings. The van der Waals surface area contributed by atoms with Crippen LogP contribution >= 0.6 is 11.3 Å². The molecule has 1 unspecified atom stereocenters. The molecule has 0 radical (unpaired) electrons. The predicted molar refractivity (Wildman–Crippen MR) is 86.2 cm³/mol. The van der Waals surface area contributed by atoms with Gasteiger partial charge in [0.25, 0.3) is 0 Å². The van der Waals surface area contributed by atoms with Crippen molar-refractivity contribution < 1.29 is 19.5 Å². The number of carbonyl (C=O) groups excluding carboxylic acids is 2. The first kappa shape index (κ1) is 17.4. The molecular formula is C15H21N3O4S. The maximum absolute atomic E-state index is 12.1. The number of nitrogens with zero attached hydrogens (tertiary/aromatic N) is 1. The summed E-state index contributed by atoms with van der Waals surface area (Å²) in [6.07, 6.45) is 1.61. The van der Waals surface area contributed by atoms with Crippen molar-refractivity contribution in [3.05, 3.63) is 11.1 Å². The molecule has 2 rings (SSSR count). The lowest BCUT2D eigenvalue weighted by Crippen LogP contribution is -2.54. The predicted octanol–water partition coefficient (Wildman–Crippen LogP) is 1.65. The quantitative estimate of drug-likeness (QED) is 0.700. The van der Waals surface area contributed by atoms with E-state index >= 15 is 0 Å². The second kappa shape index (κ2) is 6.66. The Balaban J connectivity index is 1.94. The molecule has 1 aliphatic rings. The summed E-state index contributed by atoms with van der Waals surface area (Å²) in [6, 6.07) is 0. The van der Waals surface area contributed by atoms with Gasteiger partial charge in [-0.1, -0.05) is 13.8 Å². The SMILES string of the molecule is CC(C)C(=O)Nc1nc(CC(=O)NC(C)(C(=O)O)C2CC2)cs1. The standard InChI is InChI=1S/C15H21N3O4S/c1-8(2)12(20)17-14-16-10(7-23-14)6-11(19)18-15(3,13(21)22)9-4-5-9/h7-9H,4-6H2,1-3H3,(H,18,19)(H,21,22)(H,16,17,20). The zero-order valence-corrected chi connectivity index (χ0v) is 14.2. The summed E-state index contributed by atoms with van der Waals surface area (Å²) in [4.78, 5) is 39.3. The minimum Gasteiger partial charge on any atom is -0.480 e. The zero-order valence-electron chi connectivity index (χ0n) is 13.4. The number of aromatic nitrogens is 1. The summed E-state index contributed by atoms with van der Waals surface area (Å²) in [5.41, 5.74) is -0.711. The van der Waals surface area contributed by atoms with Crippen LogP contribution in [0.3, 0.4) is 0 Å². The zero-order chi connectivity index (χ0) is 17.2. The fourth-order valence-electron chi connectivity index (χ4n) is 2.18. The van der Waals surface area contributed by atoms with Gasteiger partial charge in [-0.15, -0.1) is 11.3 Å². The van der Waals surface area contributed by atoms with Gasteiger partial charge in [-0.05, 0) is 25.7 Å². The third kappa shape index (κ3) is 4.28. The molecule has 1 aromatic heterocycles. The highest BCUT2D eigenvalue weighted by Crippen LogP contribution is 2.39. The summed E-state index contributed by atoms with van der Waals surface area (Å²) in [5, 5.41) is 16.7. The van der Waals surface area contributed by atoms with Gasteiger partial charge < -0.3 is 15.7 Å². The first-order valence-corrected chi connectivity index (χ1v) is 8.40. The first-order valence-electron chi connectivity index (χ1n) is 7.52. The largest absolute Gasteiger partial charge is 0.480 e. The van der Waals surface area contributed by atoms with Gasteiger partial charge in [-0.25, -0.2) is 9.78 Å². The van der Waals surface area contributed by atoms with Gasteiger partial charge in [0.1, 0.15) is 5.54 Å². The highest BCUT2D eigenvalue weighted by Gasteiger charge is 2.48. The third-order valence-corrected chi connectivity index (χ3v) is 4.69. The van der Waals surface area contributed by atoms with E-state index in [1.807, 2.05) is 0 Å². The van der Waals surface area contributed by atoms with Gasteiger partial charge >= 0.3 is 5.97 Å². The summed E-state index contributed by atoms with van der Waals surface area (Å²) in [5.74, 6) is -1.70. The molecule has 0 aromatic carbocycles. The molecule has 0 bridgehead atoms. The monoisotopic (exact) mass is 339 g/mol. The maximum Gasteiger partial charge on any atom is 0.329 e. The summed E-state index contributed by atoms with van der Waals surface area (Å²) in [6.45, 7) is 5.10. The van der Waals surface area contributed by atoms with E-state index in [1.165, 1.54) is 11.3 Å². The second-order valence-electron chi connectivity index (χ2n) is 6.29. The number of carboxylic acids is 1. The number of rotatable bonds is 7. The normalized spacial score (nSPS) is 16.7. The number of aliphatic carboxylic acids is 1. The molecule has 126 valence electrons. The number of nitrogens with one attached hydrogen (secondary N) is 2. The molecule has 0 spiro atoms. The molecule has 1 aliphatic carbocycles. The van der Waals surface area contributed by atoms with Crippen LogP contribution in [0.4, 0.5) is 5.13 Å². The van der Waals surface area contributed by atoms with E-state index < -0.39 is 11.5 Å². The van der Waals surface area contributed by atoms with Crippen LogP contribution < -0.4 is 10.6 Å². The highest BCUT2D eigenvalue weighted by atomic mass is 32.1. The van der Waals surface area contributed by atoms with Crippen LogP contribution in [0.15, 0.2) is 5.38 Å². The molecule has 1 heterocycles. The maximum atomic E-state index is 12.1. The average molecular weight is 339 g/mol. The third-order valence-electron chi connectivity index (χ3n) is 3.89. The van der Waals surface area contributed by atoms with E-state index in [0.717, 1.165) is 12.8 Å². The molecule has 3 N–H and O–H groups in total. The van der Waals surface area contributed by atoms with E-state index in [9.17, 15) is 19.5 Å². The Morgan fingerprint density at radius 1 is 1.43 bits per heavy atom. The Bertz CT molecular complexity index is 624. The van der Waals surface area contributed by atoms with E-state index in [0.29, 0.717) is 10.8 Å². The van der Waals surface area contributed by atoms with Crippen LogP contribution in [0.1, 0.15) is 39.3 Å². The number of carbonyl (C=O) groups is 3. The lowest BCUT2D eigenvalue weighted by molar-refractivity contribution is -0.147. The first-order chi connectivity index (χ1) is 10.7. The van der Waals surface area contributed by atoms with Gasteiger partial charge in [0.15, 0.2) is 5.13 Å². The van der Waals surface area contributed by atoms with Gasteiger partial charge in [-0.2, -0.15) is 0 Å². The van der Waals surface area contributed by atoms with Crippen molar-refractivity contribution in [2.45, 2.75) is 45.6 Å². The fraction of sp³-hybridized carbons (Fsp3) is 0.600. The Kier molecular flexibility index (Phi) is 5.03. The Morgan fingerprint density at radius 2 is 2.09 bits per heavy atom. The van der Waals surface area contributed by atoms with Crippen molar-refractivity contribution in [2.24, 2.45) is 11.8 Å². The molecule has 8 heteroatoms. The number of carboxylic acid groups (broad SMARTS) is 1. The van der Waals surface area contributed by atoms with Crippen molar-refractivity contribution in [3.8, 4) is 0 Å². The van der Waals surface area contributed by atoms with Crippen LogP contribution in [0, 0.1) is 11.8 Å². The molecular weight excluding hydrogens is 318 g/mol. The number of anilines is 1. The molecule has 1 fully saturated rings. The topological polar surface area (TPSA) is 108 Å². The van der Waals surface area contributed by atoms with Gasteiger partial charge in [0.2, 0.25) is 11.8 Å². The Labute approximate surface area is 138 Å². The molecule has 0 saturated heterocycles. The van der Waals surface area contributed by atoms with Crippen LogP contribution in [-0.4, -0.2) is 33.4 Å². The number of thiazole rings is 1. The lowest BCUT2D eigenvalue weighted by atomic mass is 9.95. The summed E-state index contributed by atoms with van der Waals surface area (Å²) < 4.78 is 0. The minimum absolute atomic E-state index is 0.0103. The van der Waals surface area contributed by atoms with Crippen molar-refractivity contribution in [3.63, 3.8) is 0 Å². The van der Waals surface area contributed by atoms with Gasteiger partial charge in [0.05, 0.1) is 12.1 Å². The molecule has 1 atom stereocenters. The Hall–Kier alpha value is -1.96. The van der Waals surface area contributed by atoms with Gasteiger partial charge in [-0.3, -0.25) is 9.59 Å². The smallest absolute Gasteiger partial charge is 0.329 e. The van der Waals surface area contributed by atoms with E-state index in [4.69, 9.17) is 0 Å². The van der Waals surface area contributed by atoms with Crippen LogP contribution in [0.2, 0.25) is 0 Å². The van der Waals surface area contributed by atoms with Crippen LogP contribution in [0.25, 0.3) is 0 Å². The van der Waals surface area contributed by atoms with Gasteiger partial charge in [0, 0.05) is 11.3 Å². The molecule has 23 heavy (non-hydrogen) atoms. The van der Waals surface area contributed by atoms with Crippen LogP contribution in [-0.2, 0) is 20.8 Å². The molecule has 7 nitrogen and oxygen atoms in total. The van der Waals surface area contributed by atoms with Crippen molar-refractivity contribution in [1.29, 1.82) is 0 Å². The average Bonchev–Trinajstić information content (AvgIpc) is 3.22. The minimum atomic E-state index is -1.22. The molecule has 0 aliphatic heterocycles. The number of hydrogen-bond acceptors (Lipinski definition) is 5.